The molecular formula is C17H16Cl2N6O3. The smallest absolute Gasteiger partial charge is 0.306 e. The Labute approximate surface area is 170 Å². The lowest BCUT2D eigenvalue weighted by atomic mass is 10.2. The lowest BCUT2D eigenvalue weighted by molar-refractivity contribution is -0.385. The number of carbonyl (C=O) groups is 1. The number of carbonyl (C=O) groups excluding carboxylic acids is 1. The Balaban J connectivity index is 1.71. The predicted molar refractivity (Wildman–Crippen MR) is 105 cm³/mol. The van der Waals surface area contributed by atoms with Crippen LogP contribution in [-0.2, 0) is 11.3 Å². The topological polar surface area (TPSA) is 108 Å². The Morgan fingerprint density at radius 2 is 1.93 bits per heavy atom. The van der Waals surface area contributed by atoms with Crippen LogP contribution in [0.15, 0.2) is 36.7 Å². The molecule has 146 valence electrons. The van der Waals surface area contributed by atoms with E-state index in [-0.39, 0.29) is 22.2 Å². The molecule has 9 nitrogen and oxygen atoms in total. The van der Waals surface area contributed by atoms with Gasteiger partial charge in [0, 0.05) is 11.2 Å². The third kappa shape index (κ3) is 4.32. The number of halogens is 2. The standard InChI is InChI=1S/C17H16Cl2N6O3/c1-10-15(25(27)28)9-24(21-10)11(2)17(26)20-16-14(19)8-23(22-16)7-12-3-5-13(18)6-4-12/h3-6,8-9,11H,7H2,1-2H3,(H,20,22,26). The minimum atomic E-state index is -0.787. The summed E-state index contributed by atoms with van der Waals surface area (Å²) >= 11 is 12.0. The maximum atomic E-state index is 12.5. The average Bonchev–Trinajstić information content (AvgIpc) is 3.19. The summed E-state index contributed by atoms with van der Waals surface area (Å²) in [5.41, 5.74) is 1.05. The van der Waals surface area contributed by atoms with Crippen LogP contribution < -0.4 is 5.32 Å². The molecular weight excluding hydrogens is 407 g/mol. The van der Waals surface area contributed by atoms with Crippen LogP contribution in [0.4, 0.5) is 11.5 Å². The van der Waals surface area contributed by atoms with Crippen LogP contribution in [0.5, 0.6) is 0 Å². The zero-order chi connectivity index (χ0) is 20.4. The van der Waals surface area contributed by atoms with Crippen molar-refractivity contribution in [3.63, 3.8) is 0 Å². The van der Waals surface area contributed by atoms with Crippen LogP contribution in [0.1, 0.15) is 24.2 Å². The van der Waals surface area contributed by atoms with E-state index in [1.54, 1.807) is 29.9 Å². The molecule has 0 radical (unpaired) electrons. The molecule has 1 aromatic carbocycles. The van der Waals surface area contributed by atoms with Crippen LogP contribution in [0.25, 0.3) is 0 Å². The van der Waals surface area contributed by atoms with Gasteiger partial charge in [-0.05, 0) is 31.5 Å². The average molecular weight is 423 g/mol. The number of nitrogens with zero attached hydrogens (tertiary/aromatic N) is 5. The zero-order valence-corrected chi connectivity index (χ0v) is 16.5. The second kappa shape index (κ2) is 7.99. The van der Waals surface area contributed by atoms with E-state index in [1.165, 1.54) is 17.8 Å². The lowest BCUT2D eigenvalue weighted by Crippen LogP contribution is -2.24. The third-order valence-corrected chi connectivity index (χ3v) is 4.61. The summed E-state index contributed by atoms with van der Waals surface area (Å²) in [4.78, 5) is 22.9. The maximum absolute atomic E-state index is 12.5. The van der Waals surface area contributed by atoms with Crippen molar-refractivity contribution in [2.45, 2.75) is 26.4 Å². The molecule has 0 aliphatic rings. The number of nitro groups is 1. The van der Waals surface area contributed by atoms with Crippen molar-refractivity contribution < 1.29 is 9.72 Å². The molecule has 0 aliphatic carbocycles. The van der Waals surface area contributed by atoms with Gasteiger partial charge in [0.15, 0.2) is 5.82 Å². The summed E-state index contributed by atoms with van der Waals surface area (Å²) in [5, 5.41) is 22.8. The molecule has 1 amide bonds. The molecule has 1 unspecified atom stereocenters. The first kappa shape index (κ1) is 19.8. The number of benzene rings is 1. The highest BCUT2D eigenvalue weighted by Crippen LogP contribution is 2.23. The molecule has 1 atom stereocenters. The molecule has 0 aliphatic heterocycles. The van der Waals surface area contributed by atoms with Crippen LogP contribution in [-0.4, -0.2) is 30.4 Å². The second-order valence-electron chi connectivity index (χ2n) is 6.15. The first-order valence-electron chi connectivity index (χ1n) is 8.23. The van der Waals surface area contributed by atoms with Crippen LogP contribution in [0.2, 0.25) is 10.0 Å². The molecule has 3 aromatic rings. The minimum Gasteiger partial charge on any atom is -0.306 e. The van der Waals surface area contributed by atoms with Crippen molar-refractivity contribution in [3.8, 4) is 0 Å². The lowest BCUT2D eigenvalue weighted by Gasteiger charge is -2.11. The zero-order valence-electron chi connectivity index (χ0n) is 15.0. The number of rotatable bonds is 6. The highest BCUT2D eigenvalue weighted by molar-refractivity contribution is 6.33. The fraction of sp³-hybridized carbons (Fsp3) is 0.235. The number of anilines is 1. The van der Waals surface area contributed by atoms with E-state index in [1.807, 2.05) is 12.1 Å². The summed E-state index contributed by atoms with van der Waals surface area (Å²) in [7, 11) is 0. The molecule has 0 saturated carbocycles. The number of amides is 1. The predicted octanol–water partition coefficient (Wildman–Crippen LogP) is 3.85. The quantitative estimate of drug-likeness (QED) is 0.479. The Hall–Kier alpha value is -2.91. The molecule has 2 aromatic heterocycles. The Kier molecular flexibility index (Phi) is 5.66. The van der Waals surface area contributed by atoms with Gasteiger partial charge in [0.2, 0.25) is 5.91 Å². The van der Waals surface area contributed by atoms with Gasteiger partial charge in [-0.3, -0.25) is 24.3 Å². The molecule has 0 fully saturated rings. The second-order valence-corrected chi connectivity index (χ2v) is 7.00. The van der Waals surface area contributed by atoms with Crippen LogP contribution in [0.3, 0.4) is 0 Å². The Morgan fingerprint density at radius 1 is 1.25 bits per heavy atom. The maximum Gasteiger partial charge on any atom is 0.309 e. The van der Waals surface area contributed by atoms with E-state index in [2.05, 4.69) is 15.5 Å². The number of aryl methyl sites for hydroxylation is 1. The fourth-order valence-corrected chi connectivity index (χ4v) is 2.85. The first-order valence-corrected chi connectivity index (χ1v) is 8.98. The van der Waals surface area contributed by atoms with Gasteiger partial charge in [0.1, 0.15) is 23.0 Å². The van der Waals surface area contributed by atoms with E-state index < -0.39 is 16.9 Å². The van der Waals surface area contributed by atoms with Crippen LogP contribution >= 0.6 is 23.2 Å². The number of hydrogen-bond donors (Lipinski definition) is 1. The first-order chi connectivity index (χ1) is 13.2. The number of hydrogen-bond acceptors (Lipinski definition) is 5. The van der Waals surface area contributed by atoms with Gasteiger partial charge in [-0.2, -0.15) is 10.2 Å². The van der Waals surface area contributed by atoms with Crippen molar-refractivity contribution in [2.24, 2.45) is 0 Å². The van der Waals surface area contributed by atoms with Crippen molar-refractivity contribution in [2.75, 3.05) is 5.32 Å². The molecule has 2 heterocycles. The third-order valence-electron chi connectivity index (χ3n) is 4.08. The minimum absolute atomic E-state index is 0.148. The fourth-order valence-electron chi connectivity index (χ4n) is 2.53. The molecule has 0 saturated heterocycles. The monoisotopic (exact) mass is 422 g/mol. The SMILES string of the molecule is Cc1nn(C(C)C(=O)Nc2nn(Cc3ccc(Cl)cc3)cc2Cl)cc1[N+](=O)[O-]. The van der Waals surface area contributed by atoms with E-state index >= 15 is 0 Å². The molecule has 1 N–H and O–H groups in total. The van der Waals surface area contributed by atoms with E-state index in [9.17, 15) is 14.9 Å². The normalized spacial score (nSPS) is 12.0. The Bertz CT molecular complexity index is 1030. The van der Waals surface area contributed by atoms with E-state index in [0.717, 1.165) is 5.56 Å². The van der Waals surface area contributed by atoms with Crippen LogP contribution in [0, 0.1) is 17.0 Å². The summed E-state index contributed by atoms with van der Waals surface area (Å²) in [5.74, 6) is -0.248. The van der Waals surface area contributed by atoms with Gasteiger partial charge in [-0.15, -0.1) is 0 Å². The van der Waals surface area contributed by atoms with Crippen molar-refractivity contribution in [1.29, 1.82) is 0 Å². The van der Waals surface area contributed by atoms with Crippen molar-refractivity contribution in [1.82, 2.24) is 19.6 Å². The number of aromatic nitrogens is 4. The van der Waals surface area contributed by atoms with Gasteiger partial charge in [0.25, 0.3) is 0 Å². The summed E-state index contributed by atoms with van der Waals surface area (Å²) in [6, 6.07) is 6.50. The van der Waals surface area contributed by atoms with Gasteiger partial charge < -0.3 is 5.32 Å². The van der Waals surface area contributed by atoms with E-state index in [4.69, 9.17) is 23.2 Å². The summed E-state index contributed by atoms with van der Waals surface area (Å²) in [6.45, 7) is 3.53. The highest BCUT2D eigenvalue weighted by Gasteiger charge is 2.23. The van der Waals surface area contributed by atoms with Gasteiger partial charge in [0.05, 0.1) is 11.5 Å². The van der Waals surface area contributed by atoms with Gasteiger partial charge in [-0.1, -0.05) is 35.3 Å². The Morgan fingerprint density at radius 3 is 2.54 bits per heavy atom. The van der Waals surface area contributed by atoms with E-state index in [0.29, 0.717) is 11.6 Å². The highest BCUT2D eigenvalue weighted by atomic mass is 35.5. The molecule has 0 spiro atoms. The largest absolute Gasteiger partial charge is 0.309 e. The van der Waals surface area contributed by atoms with Gasteiger partial charge in [-0.25, -0.2) is 0 Å². The summed E-state index contributed by atoms with van der Waals surface area (Å²) in [6.07, 6.45) is 2.82. The number of nitrogens with one attached hydrogen (secondary N) is 1. The summed E-state index contributed by atoms with van der Waals surface area (Å²) < 4.78 is 2.83. The molecule has 3 rings (SSSR count). The molecule has 11 heteroatoms. The molecule has 28 heavy (non-hydrogen) atoms. The molecule has 0 bridgehead atoms. The van der Waals surface area contributed by atoms with Crippen molar-refractivity contribution >= 4 is 40.6 Å². The van der Waals surface area contributed by atoms with Gasteiger partial charge >= 0.3 is 5.69 Å². The van der Waals surface area contributed by atoms with Crippen molar-refractivity contribution in [3.05, 3.63) is 68.1 Å².